The van der Waals surface area contributed by atoms with Gasteiger partial charge in [-0.05, 0) is 30.9 Å². The lowest BCUT2D eigenvalue weighted by molar-refractivity contribution is 0.461. The van der Waals surface area contributed by atoms with Crippen LogP contribution < -0.4 is 5.73 Å². The highest BCUT2D eigenvalue weighted by Crippen LogP contribution is 2.25. The summed E-state index contributed by atoms with van der Waals surface area (Å²) in [4.78, 5) is 0. The summed E-state index contributed by atoms with van der Waals surface area (Å²) in [6.07, 6.45) is 0.581. The molecule has 0 aliphatic carbocycles. The molecule has 0 amide bonds. The Kier molecular flexibility index (Phi) is 5.90. The Hall–Kier alpha value is -0.670. The zero-order valence-corrected chi connectivity index (χ0v) is 10.6. The molecule has 0 spiro atoms. The molecule has 1 atom stereocenters. The number of hydrogen-bond acceptors (Lipinski definition) is 1. The second-order valence-corrected chi connectivity index (χ2v) is 4.33. The van der Waals surface area contributed by atoms with E-state index in [1.54, 1.807) is 6.92 Å². The van der Waals surface area contributed by atoms with Crippen LogP contribution in [0.15, 0.2) is 12.1 Å². The molecule has 0 radical (unpaired) electrons. The van der Waals surface area contributed by atoms with Crippen LogP contribution in [-0.2, 0) is 0 Å². The number of benzene rings is 1. The van der Waals surface area contributed by atoms with Crippen LogP contribution in [0.1, 0.15) is 37.4 Å². The van der Waals surface area contributed by atoms with E-state index >= 15 is 0 Å². The summed E-state index contributed by atoms with van der Waals surface area (Å²) >= 11 is 0. The van der Waals surface area contributed by atoms with E-state index in [4.69, 9.17) is 5.73 Å². The molecule has 0 fully saturated rings. The molecule has 4 heteroatoms. The third kappa shape index (κ3) is 3.42. The minimum atomic E-state index is -0.565. The first-order chi connectivity index (χ1) is 6.93. The Morgan fingerprint density at radius 2 is 1.81 bits per heavy atom. The second kappa shape index (κ2) is 6.16. The van der Waals surface area contributed by atoms with Crippen molar-refractivity contribution in [2.45, 2.75) is 33.2 Å². The van der Waals surface area contributed by atoms with Gasteiger partial charge in [0.05, 0.1) is 0 Å². The summed E-state index contributed by atoms with van der Waals surface area (Å²) in [5, 5.41) is 0. The van der Waals surface area contributed by atoms with Gasteiger partial charge in [-0.25, -0.2) is 8.78 Å². The molecule has 92 valence electrons. The van der Waals surface area contributed by atoms with Gasteiger partial charge >= 0.3 is 0 Å². The fraction of sp³-hybridized carbons (Fsp3) is 0.500. The first kappa shape index (κ1) is 15.3. The van der Waals surface area contributed by atoms with Crippen LogP contribution in [0.25, 0.3) is 0 Å². The topological polar surface area (TPSA) is 26.0 Å². The lowest BCUT2D eigenvalue weighted by atomic mass is 9.95. The molecular formula is C12H18ClF2N. The molecule has 0 saturated heterocycles. The molecule has 1 aromatic carbocycles. The van der Waals surface area contributed by atoms with Gasteiger partial charge in [-0.2, -0.15) is 0 Å². The Morgan fingerprint density at radius 1 is 1.25 bits per heavy atom. The van der Waals surface area contributed by atoms with Gasteiger partial charge in [-0.1, -0.05) is 19.9 Å². The molecule has 1 rings (SSSR count). The summed E-state index contributed by atoms with van der Waals surface area (Å²) in [6, 6.07) is 2.13. The van der Waals surface area contributed by atoms with Crippen LogP contribution in [0.2, 0.25) is 0 Å². The van der Waals surface area contributed by atoms with E-state index in [-0.39, 0.29) is 18.0 Å². The average Bonchev–Trinajstić information content (AvgIpc) is 2.11. The zero-order chi connectivity index (χ0) is 11.6. The largest absolute Gasteiger partial charge is 0.324 e. The van der Waals surface area contributed by atoms with Gasteiger partial charge in [0.25, 0.3) is 0 Å². The summed E-state index contributed by atoms with van der Waals surface area (Å²) in [5.74, 6) is -0.742. The molecule has 0 aromatic heterocycles. The molecule has 0 aliphatic rings. The fourth-order valence-corrected chi connectivity index (χ4v) is 1.64. The maximum absolute atomic E-state index is 13.6. The van der Waals surface area contributed by atoms with Crippen LogP contribution >= 0.6 is 12.4 Å². The minimum absolute atomic E-state index is 0. The van der Waals surface area contributed by atoms with E-state index in [1.807, 2.05) is 13.8 Å². The smallest absolute Gasteiger partial charge is 0.133 e. The van der Waals surface area contributed by atoms with Crippen molar-refractivity contribution in [1.82, 2.24) is 0 Å². The van der Waals surface area contributed by atoms with E-state index in [2.05, 4.69) is 0 Å². The van der Waals surface area contributed by atoms with Gasteiger partial charge < -0.3 is 5.73 Å². The zero-order valence-electron chi connectivity index (χ0n) is 9.76. The highest BCUT2D eigenvalue weighted by atomic mass is 35.5. The Bertz CT molecular complexity index is 353. The highest BCUT2D eigenvalue weighted by Gasteiger charge is 2.18. The van der Waals surface area contributed by atoms with Crippen molar-refractivity contribution >= 4 is 12.4 Å². The summed E-state index contributed by atoms with van der Waals surface area (Å²) in [7, 11) is 0. The summed E-state index contributed by atoms with van der Waals surface area (Å²) in [5.41, 5.74) is 6.24. The highest BCUT2D eigenvalue weighted by molar-refractivity contribution is 5.85. The van der Waals surface area contributed by atoms with Crippen LogP contribution in [0.3, 0.4) is 0 Å². The molecule has 0 heterocycles. The van der Waals surface area contributed by atoms with Gasteiger partial charge in [-0.15, -0.1) is 12.4 Å². The van der Waals surface area contributed by atoms with Gasteiger partial charge in [0.2, 0.25) is 0 Å². The predicted octanol–water partition coefficient (Wildman–Crippen LogP) is 3.74. The van der Waals surface area contributed by atoms with Crippen LogP contribution in [0, 0.1) is 24.5 Å². The summed E-state index contributed by atoms with van der Waals surface area (Å²) in [6.45, 7) is 5.57. The molecule has 2 N–H and O–H groups in total. The molecule has 1 aromatic rings. The van der Waals surface area contributed by atoms with Crippen molar-refractivity contribution in [3.8, 4) is 0 Å². The Labute approximate surface area is 101 Å². The lowest BCUT2D eigenvalue weighted by Crippen LogP contribution is -2.17. The van der Waals surface area contributed by atoms with E-state index < -0.39 is 17.7 Å². The van der Waals surface area contributed by atoms with Gasteiger partial charge in [0, 0.05) is 11.6 Å². The molecular weight excluding hydrogens is 232 g/mol. The quantitative estimate of drug-likeness (QED) is 0.868. The van der Waals surface area contributed by atoms with Crippen LogP contribution in [-0.4, -0.2) is 0 Å². The van der Waals surface area contributed by atoms with E-state index in [1.165, 1.54) is 12.1 Å². The summed E-state index contributed by atoms with van der Waals surface area (Å²) < 4.78 is 27.1. The lowest BCUT2D eigenvalue weighted by Gasteiger charge is -2.16. The van der Waals surface area contributed by atoms with Crippen molar-refractivity contribution in [2.75, 3.05) is 0 Å². The number of aryl methyl sites for hydroxylation is 1. The molecule has 0 bridgehead atoms. The standard InChI is InChI=1S/C12H17F2N.ClH/c1-7(2)6-10(15)11-9(13)5-4-8(3)12(11)14;/h4-5,7,10H,6,15H2,1-3H3;1H/t10-;/m0./s1. The average molecular weight is 250 g/mol. The van der Waals surface area contributed by atoms with Crippen molar-refractivity contribution in [1.29, 1.82) is 0 Å². The maximum Gasteiger partial charge on any atom is 0.133 e. The number of rotatable bonds is 3. The first-order valence-corrected chi connectivity index (χ1v) is 5.13. The van der Waals surface area contributed by atoms with E-state index in [0.29, 0.717) is 17.9 Å². The fourth-order valence-electron chi connectivity index (χ4n) is 1.64. The predicted molar refractivity (Wildman–Crippen MR) is 64.7 cm³/mol. The van der Waals surface area contributed by atoms with E-state index in [9.17, 15) is 8.78 Å². The molecule has 0 saturated carbocycles. The third-order valence-corrected chi connectivity index (χ3v) is 2.42. The number of halogens is 3. The van der Waals surface area contributed by atoms with Gasteiger partial charge in [0.15, 0.2) is 0 Å². The van der Waals surface area contributed by atoms with Crippen molar-refractivity contribution < 1.29 is 8.78 Å². The van der Waals surface area contributed by atoms with Gasteiger partial charge in [-0.3, -0.25) is 0 Å². The molecule has 16 heavy (non-hydrogen) atoms. The van der Waals surface area contributed by atoms with Crippen LogP contribution in [0.5, 0.6) is 0 Å². The SMILES string of the molecule is Cc1ccc(F)c([C@@H](N)CC(C)C)c1F.Cl. The first-order valence-electron chi connectivity index (χ1n) is 5.13. The maximum atomic E-state index is 13.6. The Balaban J connectivity index is 0.00000225. The van der Waals surface area contributed by atoms with Crippen molar-refractivity contribution in [2.24, 2.45) is 11.7 Å². The number of nitrogens with two attached hydrogens (primary N) is 1. The van der Waals surface area contributed by atoms with Crippen molar-refractivity contribution in [3.05, 3.63) is 34.9 Å². The van der Waals surface area contributed by atoms with Gasteiger partial charge in [0.1, 0.15) is 11.6 Å². The van der Waals surface area contributed by atoms with Crippen LogP contribution in [0.4, 0.5) is 8.78 Å². The molecule has 0 unspecified atom stereocenters. The Morgan fingerprint density at radius 3 is 2.31 bits per heavy atom. The minimum Gasteiger partial charge on any atom is -0.324 e. The molecule has 0 aliphatic heterocycles. The van der Waals surface area contributed by atoms with Crippen molar-refractivity contribution in [3.63, 3.8) is 0 Å². The molecule has 1 nitrogen and oxygen atoms in total. The third-order valence-electron chi connectivity index (χ3n) is 2.42. The number of hydrogen-bond donors (Lipinski definition) is 1. The second-order valence-electron chi connectivity index (χ2n) is 4.33. The van der Waals surface area contributed by atoms with E-state index in [0.717, 1.165) is 0 Å². The normalized spacial score (nSPS) is 12.4. The monoisotopic (exact) mass is 249 g/mol.